The highest BCUT2D eigenvalue weighted by atomic mass is 32.2. The van der Waals surface area contributed by atoms with Crippen molar-refractivity contribution in [3.8, 4) is 0 Å². The highest BCUT2D eigenvalue weighted by Gasteiger charge is 2.15. The van der Waals surface area contributed by atoms with Gasteiger partial charge in [0.15, 0.2) is 0 Å². The summed E-state index contributed by atoms with van der Waals surface area (Å²) in [6.45, 7) is 0.465. The van der Waals surface area contributed by atoms with Crippen molar-refractivity contribution in [2.24, 2.45) is 0 Å². The molecule has 1 aromatic rings. The number of nitrogens with one attached hydrogen (secondary N) is 2. The Morgan fingerprint density at radius 1 is 1.48 bits per heavy atom. The number of urea groups is 1. The zero-order valence-corrected chi connectivity index (χ0v) is 12.5. The first-order chi connectivity index (χ1) is 10.1. The Balaban J connectivity index is 1.72. The van der Waals surface area contributed by atoms with Gasteiger partial charge in [0.05, 0.1) is 4.92 Å². The molecule has 1 aromatic carbocycles. The molecule has 2 rings (SSSR count). The van der Waals surface area contributed by atoms with Gasteiger partial charge in [-0.3, -0.25) is 10.1 Å². The van der Waals surface area contributed by atoms with Gasteiger partial charge in [0.1, 0.15) is 0 Å². The van der Waals surface area contributed by atoms with Gasteiger partial charge in [0.2, 0.25) is 0 Å². The normalized spacial score (nSPS) is 18.0. The van der Waals surface area contributed by atoms with Crippen LogP contribution in [0.15, 0.2) is 24.3 Å². The number of hydrogen-bond donors (Lipinski definition) is 2. The van der Waals surface area contributed by atoms with E-state index in [1.807, 2.05) is 17.8 Å². The molecule has 1 fully saturated rings. The minimum atomic E-state index is -0.412. The summed E-state index contributed by atoms with van der Waals surface area (Å²) >= 11 is 1.86. The predicted molar refractivity (Wildman–Crippen MR) is 83.7 cm³/mol. The molecule has 0 unspecified atom stereocenters. The van der Waals surface area contributed by atoms with Crippen molar-refractivity contribution >= 4 is 23.5 Å². The monoisotopic (exact) mass is 309 g/mol. The van der Waals surface area contributed by atoms with E-state index in [9.17, 15) is 14.9 Å². The fraction of sp³-hybridized carbons (Fsp3) is 0.500. The van der Waals surface area contributed by atoms with Crippen LogP contribution in [0.4, 0.5) is 10.5 Å². The van der Waals surface area contributed by atoms with Crippen molar-refractivity contribution in [3.63, 3.8) is 0 Å². The van der Waals surface area contributed by atoms with E-state index < -0.39 is 4.92 Å². The van der Waals surface area contributed by atoms with Gasteiger partial charge in [-0.15, -0.1) is 0 Å². The van der Waals surface area contributed by atoms with Gasteiger partial charge < -0.3 is 10.6 Å². The van der Waals surface area contributed by atoms with E-state index in [4.69, 9.17) is 0 Å². The van der Waals surface area contributed by atoms with Crippen LogP contribution in [-0.2, 0) is 6.42 Å². The number of non-ortho nitro benzene ring substituents is 1. The Kier molecular flexibility index (Phi) is 5.86. The van der Waals surface area contributed by atoms with Crippen LogP contribution in [0.1, 0.15) is 18.4 Å². The largest absolute Gasteiger partial charge is 0.338 e. The summed E-state index contributed by atoms with van der Waals surface area (Å²) in [5, 5.41) is 16.4. The maximum Gasteiger partial charge on any atom is 0.315 e. The lowest BCUT2D eigenvalue weighted by Crippen LogP contribution is -2.44. The summed E-state index contributed by atoms with van der Waals surface area (Å²) in [6.07, 6.45) is 2.75. The molecule has 1 atom stereocenters. The molecule has 1 aliphatic rings. The fourth-order valence-electron chi connectivity index (χ4n) is 2.24. The average molecular weight is 309 g/mol. The predicted octanol–water partition coefficient (Wildman–Crippen LogP) is 2.33. The summed E-state index contributed by atoms with van der Waals surface area (Å²) < 4.78 is 0. The average Bonchev–Trinajstić information content (AvgIpc) is 2.48. The van der Waals surface area contributed by atoms with E-state index in [2.05, 4.69) is 10.6 Å². The molecule has 0 spiro atoms. The molecule has 114 valence electrons. The molecule has 1 aliphatic heterocycles. The highest BCUT2D eigenvalue weighted by Crippen LogP contribution is 2.16. The summed E-state index contributed by atoms with van der Waals surface area (Å²) in [6, 6.07) is 6.58. The molecular weight excluding hydrogens is 290 g/mol. The first kappa shape index (κ1) is 15.6. The van der Waals surface area contributed by atoms with E-state index in [1.54, 1.807) is 6.07 Å². The van der Waals surface area contributed by atoms with Crippen LogP contribution in [0.5, 0.6) is 0 Å². The minimum absolute atomic E-state index is 0.0798. The van der Waals surface area contributed by atoms with Crippen molar-refractivity contribution in [2.45, 2.75) is 25.3 Å². The van der Waals surface area contributed by atoms with Crippen molar-refractivity contribution < 1.29 is 9.72 Å². The second kappa shape index (κ2) is 7.87. The summed E-state index contributed by atoms with van der Waals surface area (Å²) in [4.78, 5) is 22.0. The Morgan fingerprint density at radius 2 is 2.33 bits per heavy atom. The molecule has 2 amide bonds. The molecule has 2 N–H and O–H groups in total. The van der Waals surface area contributed by atoms with Gasteiger partial charge in [0, 0.05) is 30.5 Å². The summed E-state index contributed by atoms with van der Waals surface area (Å²) in [5.41, 5.74) is 0.925. The Bertz CT molecular complexity index is 504. The molecular formula is C14H19N3O3S. The van der Waals surface area contributed by atoms with Gasteiger partial charge >= 0.3 is 6.03 Å². The molecule has 1 saturated heterocycles. The number of nitrogens with zero attached hydrogens (tertiary/aromatic N) is 1. The van der Waals surface area contributed by atoms with Crippen LogP contribution < -0.4 is 10.6 Å². The fourth-order valence-corrected chi connectivity index (χ4v) is 3.31. The quantitative estimate of drug-likeness (QED) is 0.646. The van der Waals surface area contributed by atoms with Crippen molar-refractivity contribution in [1.82, 2.24) is 10.6 Å². The molecule has 0 saturated carbocycles. The topological polar surface area (TPSA) is 84.3 Å². The van der Waals surface area contributed by atoms with Gasteiger partial charge in [-0.2, -0.15) is 11.8 Å². The van der Waals surface area contributed by atoms with Crippen LogP contribution in [0, 0.1) is 10.1 Å². The van der Waals surface area contributed by atoms with Gasteiger partial charge in [-0.25, -0.2) is 4.79 Å². The van der Waals surface area contributed by atoms with E-state index in [0.717, 1.165) is 24.2 Å². The Morgan fingerprint density at radius 3 is 3.05 bits per heavy atom. The van der Waals surface area contributed by atoms with Crippen LogP contribution >= 0.6 is 11.8 Å². The number of carbonyl (C=O) groups excluding carboxylic acids is 1. The summed E-state index contributed by atoms with van der Waals surface area (Å²) in [5.74, 6) is 2.14. The van der Waals surface area contributed by atoms with Crippen LogP contribution in [0.3, 0.4) is 0 Å². The lowest BCUT2D eigenvalue weighted by Gasteiger charge is -2.22. The third-order valence-corrected chi connectivity index (χ3v) is 4.53. The lowest BCUT2D eigenvalue weighted by molar-refractivity contribution is -0.384. The molecule has 0 radical (unpaired) electrons. The highest BCUT2D eigenvalue weighted by molar-refractivity contribution is 7.99. The number of rotatable bonds is 5. The SMILES string of the molecule is O=C(NCCc1cccc([N+](=O)[O-])c1)N[C@@H]1CCCSC1. The standard InChI is InChI=1S/C14H19N3O3S/c18-14(16-12-4-2-8-21-10-12)15-7-6-11-3-1-5-13(9-11)17(19)20/h1,3,5,9,12H,2,4,6-8,10H2,(H2,15,16,18)/t12-/m1/s1. The van der Waals surface area contributed by atoms with Crippen LogP contribution in [0.25, 0.3) is 0 Å². The third-order valence-electron chi connectivity index (χ3n) is 3.32. The Hall–Kier alpha value is -1.76. The van der Waals surface area contributed by atoms with E-state index in [-0.39, 0.29) is 17.8 Å². The number of amides is 2. The minimum Gasteiger partial charge on any atom is -0.338 e. The van der Waals surface area contributed by atoms with Crippen LogP contribution in [0.2, 0.25) is 0 Å². The molecule has 7 heteroatoms. The zero-order valence-electron chi connectivity index (χ0n) is 11.7. The van der Waals surface area contributed by atoms with Crippen molar-refractivity contribution in [2.75, 3.05) is 18.1 Å². The zero-order chi connectivity index (χ0) is 15.1. The molecule has 0 bridgehead atoms. The lowest BCUT2D eigenvalue weighted by atomic mass is 10.1. The van der Waals surface area contributed by atoms with Gasteiger partial charge in [-0.1, -0.05) is 12.1 Å². The third kappa shape index (κ3) is 5.26. The van der Waals surface area contributed by atoms with Crippen LogP contribution in [-0.4, -0.2) is 35.0 Å². The maximum atomic E-state index is 11.7. The van der Waals surface area contributed by atoms with Crippen molar-refractivity contribution in [1.29, 1.82) is 0 Å². The second-order valence-corrected chi connectivity index (χ2v) is 6.14. The number of thioether (sulfide) groups is 1. The van der Waals surface area contributed by atoms with E-state index in [0.29, 0.717) is 13.0 Å². The first-order valence-corrected chi connectivity index (χ1v) is 8.16. The molecule has 6 nitrogen and oxygen atoms in total. The van der Waals surface area contributed by atoms with Crippen molar-refractivity contribution in [3.05, 3.63) is 39.9 Å². The number of benzene rings is 1. The first-order valence-electron chi connectivity index (χ1n) is 7.00. The number of carbonyl (C=O) groups is 1. The van der Waals surface area contributed by atoms with E-state index >= 15 is 0 Å². The smallest absolute Gasteiger partial charge is 0.315 e. The maximum absolute atomic E-state index is 11.7. The van der Waals surface area contributed by atoms with E-state index in [1.165, 1.54) is 17.9 Å². The molecule has 21 heavy (non-hydrogen) atoms. The van der Waals surface area contributed by atoms with Gasteiger partial charge in [0.25, 0.3) is 5.69 Å². The van der Waals surface area contributed by atoms with Gasteiger partial charge in [-0.05, 0) is 30.6 Å². The molecule has 1 heterocycles. The summed E-state index contributed by atoms with van der Waals surface area (Å²) in [7, 11) is 0. The second-order valence-electron chi connectivity index (χ2n) is 4.99. The number of nitro benzene ring substituents is 1. The number of hydrogen-bond acceptors (Lipinski definition) is 4. The Labute approximate surface area is 127 Å². The molecule has 0 aliphatic carbocycles. The molecule has 0 aromatic heterocycles. The number of nitro groups is 1.